The van der Waals surface area contributed by atoms with Crippen LogP contribution in [-0.2, 0) is 6.54 Å². The van der Waals surface area contributed by atoms with Crippen molar-refractivity contribution in [1.29, 1.82) is 0 Å². The number of aromatic nitrogens is 2. The molecule has 2 fully saturated rings. The van der Waals surface area contributed by atoms with Gasteiger partial charge < -0.3 is 24.0 Å². The molecule has 0 saturated carbocycles. The zero-order chi connectivity index (χ0) is 36.0. The zero-order valence-corrected chi connectivity index (χ0v) is 29.8. The van der Waals surface area contributed by atoms with Crippen molar-refractivity contribution in [2.24, 2.45) is 0 Å². The van der Waals surface area contributed by atoms with Crippen LogP contribution in [0.3, 0.4) is 0 Å². The normalized spacial score (nSPS) is 18.8. The van der Waals surface area contributed by atoms with E-state index in [9.17, 15) is 18.0 Å². The summed E-state index contributed by atoms with van der Waals surface area (Å²) in [6.07, 6.45) is -4.57. The standard InChI is InChI=1S/C37H49F3N6O4/c1-7-49-35-41-33(48-6)30(34(42-35)50-24-37(38,39)40)22-43-20-29-21-44(36(47)46(25(2)3)26(4)5)18-19-45(29)31(23-43)32(27-14-10-8-11-15-27)28-16-12-9-13-17-28/h8-17,25-26,29,31-32H,7,18-24H2,1-6H3/t29-,31+/m1/s1. The second-order valence-electron chi connectivity index (χ2n) is 13.4. The minimum Gasteiger partial charge on any atom is -0.481 e. The molecule has 3 aromatic rings. The molecule has 13 heteroatoms. The van der Waals surface area contributed by atoms with Crippen LogP contribution in [0.25, 0.3) is 0 Å². The van der Waals surface area contributed by atoms with Crippen LogP contribution in [0.1, 0.15) is 57.2 Å². The van der Waals surface area contributed by atoms with E-state index in [-0.39, 0.29) is 67.0 Å². The highest BCUT2D eigenvalue weighted by Gasteiger charge is 2.44. The number of rotatable bonds is 12. The predicted molar refractivity (Wildman–Crippen MR) is 185 cm³/mol. The summed E-state index contributed by atoms with van der Waals surface area (Å²) in [5, 5.41) is 0. The Morgan fingerprint density at radius 3 is 2.02 bits per heavy atom. The van der Waals surface area contributed by atoms with E-state index in [4.69, 9.17) is 14.2 Å². The van der Waals surface area contributed by atoms with Gasteiger partial charge in [0.15, 0.2) is 6.61 Å². The lowest BCUT2D eigenvalue weighted by Gasteiger charge is -2.54. The second-order valence-corrected chi connectivity index (χ2v) is 13.4. The fourth-order valence-corrected chi connectivity index (χ4v) is 7.39. The number of methoxy groups -OCH3 is 1. The van der Waals surface area contributed by atoms with Crippen LogP contribution in [0.2, 0.25) is 0 Å². The summed E-state index contributed by atoms with van der Waals surface area (Å²) in [6.45, 7) is 11.6. The third-order valence-electron chi connectivity index (χ3n) is 9.31. The van der Waals surface area contributed by atoms with Gasteiger partial charge >= 0.3 is 18.2 Å². The molecule has 5 rings (SSSR count). The Morgan fingerprint density at radius 1 is 0.880 bits per heavy atom. The molecule has 0 spiro atoms. The van der Waals surface area contributed by atoms with E-state index < -0.39 is 12.8 Å². The lowest BCUT2D eigenvalue weighted by atomic mass is 9.81. The Labute approximate surface area is 293 Å². The number of carbonyl (C=O) groups is 1. The summed E-state index contributed by atoms with van der Waals surface area (Å²) in [7, 11) is 1.41. The van der Waals surface area contributed by atoms with Crippen LogP contribution in [0, 0.1) is 0 Å². The second kappa shape index (κ2) is 16.3. The van der Waals surface area contributed by atoms with Gasteiger partial charge in [-0.05, 0) is 45.7 Å². The highest BCUT2D eigenvalue weighted by Crippen LogP contribution is 2.38. The van der Waals surface area contributed by atoms with E-state index in [1.54, 1.807) is 6.92 Å². The molecule has 0 unspecified atom stereocenters. The predicted octanol–water partition coefficient (Wildman–Crippen LogP) is 6.07. The van der Waals surface area contributed by atoms with E-state index in [0.29, 0.717) is 38.3 Å². The Bertz CT molecular complexity index is 1500. The molecule has 2 aliphatic rings. The molecule has 2 aromatic carbocycles. The van der Waals surface area contributed by atoms with Gasteiger partial charge in [-0.25, -0.2) is 4.79 Å². The van der Waals surface area contributed by atoms with Gasteiger partial charge in [-0.2, -0.15) is 23.1 Å². The van der Waals surface area contributed by atoms with Crippen LogP contribution in [0.5, 0.6) is 17.8 Å². The molecular formula is C37H49F3N6O4. The number of nitrogens with zero attached hydrogens (tertiary/aromatic N) is 6. The van der Waals surface area contributed by atoms with Gasteiger partial charge in [0.05, 0.1) is 19.3 Å². The molecular weight excluding hydrogens is 649 g/mol. The zero-order valence-electron chi connectivity index (χ0n) is 29.8. The maximum absolute atomic E-state index is 13.9. The van der Waals surface area contributed by atoms with Gasteiger partial charge in [-0.3, -0.25) is 9.80 Å². The quantitative estimate of drug-likeness (QED) is 0.226. The van der Waals surface area contributed by atoms with E-state index in [0.717, 1.165) is 11.1 Å². The first-order valence-electron chi connectivity index (χ1n) is 17.3. The van der Waals surface area contributed by atoms with Gasteiger partial charge in [-0.1, -0.05) is 60.7 Å². The van der Waals surface area contributed by atoms with Crippen molar-refractivity contribution in [3.8, 4) is 17.8 Å². The minimum atomic E-state index is -4.57. The Balaban J connectivity index is 1.55. The van der Waals surface area contributed by atoms with Gasteiger partial charge in [0.25, 0.3) is 0 Å². The summed E-state index contributed by atoms with van der Waals surface area (Å²) in [4.78, 5) is 31.1. The lowest BCUT2D eigenvalue weighted by Crippen LogP contribution is -2.68. The molecule has 0 radical (unpaired) electrons. The Morgan fingerprint density at radius 2 is 1.48 bits per heavy atom. The summed E-state index contributed by atoms with van der Waals surface area (Å²) < 4.78 is 56.5. The number of alkyl halides is 3. The number of fused-ring (bicyclic) bond motifs is 1. The van der Waals surface area contributed by atoms with Crippen molar-refractivity contribution in [3.05, 3.63) is 77.4 Å². The van der Waals surface area contributed by atoms with Gasteiger partial charge in [0.2, 0.25) is 11.8 Å². The van der Waals surface area contributed by atoms with Crippen LogP contribution < -0.4 is 14.2 Å². The lowest BCUT2D eigenvalue weighted by molar-refractivity contribution is -0.154. The first-order chi connectivity index (χ1) is 23.9. The average molecular weight is 699 g/mol. The number of hydrogen-bond donors (Lipinski definition) is 0. The number of piperazine rings is 2. The third-order valence-corrected chi connectivity index (χ3v) is 9.31. The van der Waals surface area contributed by atoms with Gasteiger partial charge in [0, 0.05) is 69.4 Å². The molecule has 0 N–H and O–H groups in total. The molecule has 50 heavy (non-hydrogen) atoms. The number of hydrogen-bond acceptors (Lipinski definition) is 8. The SMILES string of the molecule is CCOc1nc(OC)c(CN2C[C@@H]3CN(C(=O)N(C(C)C)C(C)C)CCN3[C@H](C(c3ccccc3)c3ccccc3)C2)c(OCC(F)(F)F)n1. The minimum absolute atomic E-state index is 0.00964. The van der Waals surface area contributed by atoms with Crippen molar-refractivity contribution in [3.63, 3.8) is 0 Å². The highest BCUT2D eigenvalue weighted by atomic mass is 19.4. The molecule has 2 saturated heterocycles. The molecule has 0 bridgehead atoms. The van der Waals surface area contributed by atoms with E-state index >= 15 is 0 Å². The molecule has 2 amide bonds. The van der Waals surface area contributed by atoms with Crippen LogP contribution in [0.4, 0.5) is 18.0 Å². The molecule has 272 valence electrons. The van der Waals surface area contributed by atoms with E-state index in [1.165, 1.54) is 7.11 Å². The monoisotopic (exact) mass is 698 g/mol. The molecule has 0 aliphatic carbocycles. The number of amides is 2. The summed E-state index contributed by atoms with van der Waals surface area (Å²) in [5.74, 6) is -0.163. The average Bonchev–Trinajstić information content (AvgIpc) is 3.08. The molecule has 10 nitrogen and oxygen atoms in total. The first kappa shape index (κ1) is 37.2. The first-order valence-corrected chi connectivity index (χ1v) is 17.3. The van der Waals surface area contributed by atoms with Gasteiger partial charge in [0.1, 0.15) is 0 Å². The molecule has 1 aromatic heterocycles. The number of benzene rings is 2. The van der Waals surface area contributed by atoms with Crippen molar-refractivity contribution in [2.45, 2.75) is 77.4 Å². The maximum atomic E-state index is 13.9. The smallest absolute Gasteiger partial charge is 0.422 e. The van der Waals surface area contributed by atoms with Gasteiger partial charge in [-0.15, -0.1) is 0 Å². The fourth-order valence-electron chi connectivity index (χ4n) is 7.39. The maximum Gasteiger partial charge on any atom is 0.422 e. The van der Waals surface area contributed by atoms with Crippen LogP contribution >= 0.6 is 0 Å². The summed E-state index contributed by atoms with van der Waals surface area (Å²) in [6, 6.07) is 20.6. The van der Waals surface area contributed by atoms with Crippen molar-refractivity contribution in [1.82, 2.24) is 29.6 Å². The number of urea groups is 1. The molecule has 2 aliphatic heterocycles. The van der Waals surface area contributed by atoms with Crippen molar-refractivity contribution < 1.29 is 32.2 Å². The largest absolute Gasteiger partial charge is 0.481 e. The summed E-state index contributed by atoms with van der Waals surface area (Å²) >= 11 is 0. The molecule has 2 atom stereocenters. The molecule has 3 heterocycles. The summed E-state index contributed by atoms with van der Waals surface area (Å²) in [5.41, 5.74) is 2.62. The number of halogens is 3. The van der Waals surface area contributed by atoms with E-state index in [1.807, 2.05) is 73.9 Å². The third kappa shape index (κ3) is 8.79. The van der Waals surface area contributed by atoms with E-state index in [2.05, 4.69) is 44.0 Å². The Kier molecular flexibility index (Phi) is 12.1. The van der Waals surface area contributed by atoms with Crippen LogP contribution in [0.15, 0.2) is 60.7 Å². The Hall–Kier alpha value is -4.10. The number of carbonyl (C=O) groups excluding carboxylic acids is 1. The van der Waals surface area contributed by atoms with Crippen molar-refractivity contribution in [2.75, 3.05) is 53.0 Å². The highest BCUT2D eigenvalue weighted by molar-refractivity contribution is 5.75. The topological polar surface area (TPSA) is 83.5 Å². The fraction of sp³-hybridized carbons (Fsp3) is 0.541. The number of ether oxygens (including phenoxy) is 3. The van der Waals surface area contributed by atoms with Crippen LogP contribution in [-0.4, -0.2) is 119 Å². The van der Waals surface area contributed by atoms with Crippen molar-refractivity contribution >= 4 is 6.03 Å².